The number of ether oxygens (including phenoxy) is 1. The molecule has 0 saturated carbocycles. The summed E-state index contributed by atoms with van der Waals surface area (Å²) in [5.41, 5.74) is -0.370. The first kappa shape index (κ1) is 19.4. The molecule has 1 N–H and O–H groups in total. The highest BCUT2D eigenvalue weighted by Crippen LogP contribution is 2.22. The summed E-state index contributed by atoms with van der Waals surface area (Å²) < 4.78 is 5.31. The van der Waals surface area contributed by atoms with E-state index < -0.39 is 6.10 Å². The minimum Gasteiger partial charge on any atom is -0.452 e. The third-order valence-electron chi connectivity index (χ3n) is 4.01. The van der Waals surface area contributed by atoms with Crippen LogP contribution in [0.25, 0.3) is 0 Å². The Labute approximate surface area is 152 Å². The van der Waals surface area contributed by atoms with Gasteiger partial charge in [0.05, 0.1) is 10.8 Å². The van der Waals surface area contributed by atoms with Crippen LogP contribution in [0.2, 0.25) is 0 Å². The summed E-state index contributed by atoms with van der Waals surface area (Å²) in [5, 5.41) is 4.67. The van der Waals surface area contributed by atoms with Gasteiger partial charge < -0.3 is 15.0 Å². The van der Waals surface area contributed by atoms with E-state index in [-0.39, 0.29) is 29.2 Å². The molecule has 25 heavy (non-hydrogen) atoms. The van der Waals surface area contributed by atoms with Gasteiger partial charge in [0.25, 0.3) is 11.8 Å². The highest BCUT2D eigenvalue weighted by Gasteiger charge is 2.31. The molecule has 1 aliphatic heterocycles. The van der Waals surface area contributed by atoms with Gasteiger partial charge in [0.2, 0.25) is 0 Å². The molecule has 1 atom stereocenters. The summed E-state index contributed by atoms with van der Waals surface area (Å²) in [7, 11) is 0. The van der Waals surface area contributed by atoms with Crippen LogP contribution in [0.15, 0.2) is 17.5 Å². The quantitative estimate of drug-likeness (QED) is 0.831. The van der Waals surface area contributed by atoms with Crippen molar-refractivity contribution in [2.24, 2.45) is 5.92 Å². The third kappa shape index (κ3) is 5.56. The van der Waals surface area contributed by atoms with Crippen molar-refractivity contribution in [1.82, 2.24) is 10.2 Å². The number of nitrogens with one attached hydrogen (secondary N) is 1. The van der Waals surface area contributed by atoms with Crippen LogP contribution in [0.4, 0.5) is 0 Å². The van der Waals surface area contributed by atoms with Crippen molar-refractivity contribution in [1.29, 1.82) is 0 Å². The van der Waals surface area contributed by atoms with Crippen molar-refractivity contribution < 1.29 is 19.1 Å². The fourth-order valence-electron chi connectivity index (χ4n) is 2.67. The molecule has 1 aliphatic rings. The molecular weight excluding hydrogens is 340 g/mol. The highest BCUT2D eigenvalue weighted by atomic mass is 32.1. The van der Waals surface area contributed by atoms with Crippen LogP contribution in [-0.4, -0.2) is 47.4 Å². The molecule has 1 aromatic heterocycles. The molecule has 0 spiro atoms. The van der Waals surface area contributed by atoms with E-state index in [1.165, 1.54) is 11.3 Å². The first-order valence-electron chi connectivity index (χ1n) is 8.52. The Morgan fingerprint density at radius 1 is 1.28 bits per heavy atom. The van der Waals surface area contributed by atoms with Gasteiger partial charge in [-0.2, -0.15) is 0 Å². The molecule has 2 rings (SSSR count). The predicted molar refractivity (Wildman–Crippen MR) is 96.4 cm³/mol. The Hall–Kier alpha value is -1.89. The van der Waals surface area contributed by atoms with E-state index in [1.807, 2.05) is 38.3 Å². The van der Waals surface area contributed by atoms with Crippen LogP contribution in [0.1, 0.15) is 50.2 Å². The third-order valence-corrected chi connectivity index (χ3v) is 4.87. The van der Waals surface area contributed by atoms with Gasteiger partial charge in [0.1, 0.15) is 0 Å². The normalized spacial score (nSPS) is 17.0. The van der Waals surface area contributed by atoms with E-state index in [1.54, 1.807) is 11.8 Å². The van der Waals surface area contributed by atoms with Gasteiger partial charge in [-0.15, -0.1) is 11.3 Å². The van der Waals surface area contributed by atoms with E-state index in [2.05, 4.69) is 5.32 Å². The van der Waals surface area contributed by atoms with Crippen LogP contribution in [0.5, 0.6) is 0 Å². The van der Waals surface area contributed by atoms with Crippen molar-refractivity contribution in [2.75, 3.05) is 13.1 Å². The number of hydrogen-bond donors (Lipinski definition) is 1. The van der Waals surface area contributed by atoms with Gasteiger partial charge in [0.15, 0.2) is 6.10 Å². The van der Waals surface area contributed by atoms with Crippen LogP contribution in [-0.2, 0) is 14.3 Å². The number of piperidine rings is 1. The lowest BCUT2D eigenvalue weighted by molar-refractivity contribution is -0.160. The SMILES string of the molecule is CC(OC(=O)C1CCN(C(=O)c2cccs2)CC1)C(=O)NC(C)(C)C. The lowest BCUT2D eigenvalue weighted by Gasteiger charge is -2.31. The standard InChI is InChI=1S/C18H26N2O4S/c1-12(15(21)19-18(2,3)4)24-17(23)13-7-9-20(10-8-13)16(22)14-6-5-11-25-14/h5-6,11-13H,7-10H2,1-4H3,(H,19,21). The molecule has 7 heteroatoms. The van der Waals surface area contributed by atoms with Crippen molar-refractivity contribution in [3.63, 3.8) is 0 Å². The summed E-state index contributed by atoms with van der Waals surface area (Å²) in [4.78, 5) is 39.1. The first-order valence-corrected chi connectivity index (χ1v) is 9.40. The maximum Gasteiger partial charge on any atom is 0.309 e. The molecule has 1 fully saturated rings. The lowest BCUT2D eigenvalue weighted by Crippen LogP contribution is -2.47. The number of amides is 2. The second kappa shape index (κ2) is 7.99. The van der Waals surface area contributed by atoms with Gasteiger partial charge in [-0.1, -0.05) is 6.07 Å². The van der Waals surface area contributed by atoms with Crippen molar-refractivity contribution in [3.8, 4) is 0 Å². The van der Waals surface area contributed by atoms with Crippen molar-refractivity contribution >= 4 is 29.1 Å². The predicted octanol–water partition coefficient (Wildman–Crippen LogP) is 2.45. The van der Waals surface area contributed by atoms with Crippen molar-refractivity contribution in [2.45, 2.75) is 52.2 Å². The molecule has 138 valence electrons. The Morgan fingerprint density at radius 3 is 2.44 bits per heavy atom. The maximum atomic E-state index is 12.3. The second-order valence-electron chi connectivity index (χ2n) is 7.36. The number of carbonyl (C=O) groups excluding carboxylic acids is 3. The molecule has 0 aromatic carbocycles. The summed E-state index contributed by atoms with van der Waals surface area (Å²) in [6, 6.07) is 3.66. The number of esters is 1. The van der Waals surface area contributed by atoms with Gasteiger partial charge in [-0.25, -0.2) is 0 Å². The molecule has 1 unspecified atom stereocenters. The average molecular weight is 366 g/mol. The van der Waals surface area contributed by atoms with Gasteiger partial charge in [-0.3, -0.25) is 14.4 Å². The molecule has 2 amide bonds. The summed E-state index contributed by atoms with van der Waals surface area (Å²) in [6.45, 7) is 8.26. The Kier molecular flexibility index (Phi) is 6.21. The Morgan fingerprint density at radius 2 is 1.92 bits per heavy atom. The summed E-state index contributed by atoms with van der Waals surface area (Å²) >= 11 is 1.42. The second-order valence-corrected chi connectivity index (χ2v) is 8.31. The molecular formula is C18H26N2O4S. The molecule has 1 aromatic rings. The Bertz CT molecular complexity index is 614. The molecule has 0 radical (unpaired) electrons. The zero-order chi connectivity index (χ0) is 18.6. The molecule has 0 aliphatic carbocycles. The minimum atomic E-state index is -0.822. The molecule has 0 bridgehead atoms. The topological polar surface area (TPSA) is 75.7 Å². The summed E-state index contributed by atoms with van der Waals surface area (Å²) in [6.07, 6.45) is 0.296. The van der Waals surface area contributed by atoms with E-state index >= 15 is 0 Å². The molecule has 2 heterocycles. The first-order chi connectivity index (χ1) is 11.7. The number of carbonyl (C=O) groups is 3. The average Bonchev–Trinajstić information content (AvgIpc) is 3.07. The number of hydrogen-bond acceptors (Lipinski definition) is 5. The minimum absolute atomic E-state index is 0.0136. The van der Waals surface area contributed by atoms with E-state index in [0.717, 1.165) is 0 Å². The zero-order valence-corrected chi connectivity index (χ0v) is 16.0. The maximum absolute atomic E-state index is 12.3. The molecule has 6 nitrogen and oxygen atoms in total. The number of likely N-dealkylation sites (tertiary alicyclic amines) is 1. The lowest BCUT2D eigenvalue weighted by atomic mass is 9.97. The van der Waals surface area contributed by atoms with Crippen LogP contribution >= 0.6 is 11.3 Å². The van der Waals surface area contributed by atoms with Crippen molar-refractivity contribution in [3.05, 3.63) is 22.4 Å². The van der Waals surface area contributed by atoms with Gasteiger partial charge in [0, 0.05) is 18.6 Å². The number of rotatable bonds is 4. The smallest absolute Gasteiger partial charge is 0.309 e. The monoisotopic (exact) mass is 366 g/mol. The van der Waals surface area contributed by atoms with E-state index in [0.29, 0.717) is 30.8 Å². The number of nitrogens with zero attached hydrogens (tertiary/aromatic N) is 1. The van der Waals surface area contributed by atoms with Gasteiger partial charge >= 0.3 is 5.97 Å². The van der Waals surface area contributed by atoms with E-state index in [9.17, 15) is 14.4 Å². The highest BCUT2D eigenvalue weighted by molar-refractivity contribution is 7.12. The largest absolute Gasteiger partial charge is 0.452 e. The van der Waals surface area contributed by atoms with Crippen LogP contribution in [0, 0.1) is 5.92 Å². The number of thiophene rings is 1. The van der Waals surface area contributed by atoms with Crippen LogP contribution in [0.3, 0.4) is 0 Å². The summed E-state index contributed by atoms with van der Waals surface area (Å²) in [5.74, 6) is -0.914. The molecule has 1 saturated heterocycles. The fourth-order valence-corrected chi connectivity index (χ4v) is 3.36. The van der Waals surface area contributed by atoms with E-state index in [4.69, 9.17) is 4.74 Å². The van der Waals surface area contributed by atoms with Gasteiger partial charge in [-0.05, 0) is 52.0 Å². The fraction of sp³-hybridized carbons (Fsp3) is 0.611. The zero-order valence-electron chi connectivity index (χ0n) is 15.2. The Balaban J connectivity index is 1.81. The van der Waals surface area contributed by atoms with Crippen LogP contribution < -0.4 is 5.32 Å².